The van der Waals surface area contributed by atoms with Crippen molar-refractivity contribution < 1.29 is 24.2 Å². The van der Waals surface area contributed by atoms with Crippen molar-refractivity contribution in [3.63, 3.8) is 0 Å². The number of carbonyl (C=O) groups excluding carboxylic acids is 2. The Balaban J connectivity index is 4.56. The average molecular weight is 204 g/mol. The van der Waals surface area contributed by atoms with Crippen molar-refractivity contribution in [3.8, 4) is 0 Å². The molecule has 2 atom stereocenters. The first-order valence-corrected chi connectivity index (χ1v) is 4.35. The van der Waals surface area contributed by atoms with E-state index in [0.717, 1.165) is 7.11 Å². The zero-order valence-electron chi connectivity index (χ0n) is 8.86. The molecule has 0 bridgehead atoms. The Morgan fingerprint density at radius 2 is 2.00 bits per heavy atom. The molecule has 1 N–H and O–H groups in total. The number of carbonyl (C=O) groups is 2. The van der Waals surface area contributed by atoms with Gasteiger partial charge in [-0.3, -0.25) is 4.79 Å². The number of hydrogen-bond donors (Lipinski definition) is 1. The maximum Gasteiger partial charge on any atom is 0.338 e. The zero-order valence-corrected chi connectivity index (χ0v) is 8.86. The van der Waals surface area contributed by atoms with E-state index >= 15 is 0 Å². The van der Waals surface area contributed by atoms with Gasteiger partial charge >= 0.3 is 11.9 Å². The highest BCUT2D eigenvalue weighted by atomic mass is 16.5. The summed E-state index contributed by atoms with van der Waals surface area (Å²) in [6, 6.07) is 0. The first kappa shape index (κ1) is 12.9. The van der Waals surface area contributed by atoms with Crippen molar-refractivity contribution in [2.75, 3.05) is 13.7 Å². The summed E-state index contributed by atoms with van der Waals surface area (Å²) < 4.78 is 9.05. The first-order valence-electron chi connectivity index (χ1n) is 4.35. The molecule has 0 aliphatic rings. The number of hydrogen-bond acceptors (Lipinski definition) is 5. The average Bonchev–Trinajstić information content (AvgIpc) is 2.15. The third-order valence-corrected chi connectivity index (χ3v) is 2.08. The molecule has 0 aromatic carbocycles. The zero-order chi connectivity index (χ0) is 11.4. The summed E-state index contributed by atoms with van der Waals surface area (Å²) in [6.45, 7) is 4.49. The molecule has 0 saturated carbocycles. The summed E-state index contributed by atoms with van der Waals surface area (Å²) in [5.74, 6) is -2.42. The fourth-order valence-electron chi connectivity index (χ4n) is 0.880. The van der Waals surface area contributed by atoms with Gasteiger partial charge in [0.05, 0.1) is 19.6 Å². The van der Waals surface area contributed by atoms with E-state index < -0.39 is 23.5 Å². The Labute approximate surface area is 83.0 Å². The number of aliphatic hydroxyl groups is 1. The minimum absolute atomic E-state index is 0.209. The number of esters is 2. The first-order chi connectivity index (χ1) is 6.37. The minimum atomic E-state index is -1.85. The van der Waals surface area contributed by atoms with E-state index in [1.165, 1.54) is 13.8 Å². The smallest absolute Gasteiger partial charge is 0.338 e. The molecule has 0 aliphatic carbocycles. The Kier molecular flexibility index (Phi) is 4.56. The molecule has 0 spiro atoms. The van der Waals surface area contributed by atoms with Gasteiger partial charge in [0.1, 0.15) is 0 Å². The second-order valence-corrected chi connectivity index (χ2v) is 3.11. The Morgan fingerprint density at radius 3 is 2.36 bits per heavy atom. The monoisotopic (exact) mass is 204 g/mol. The summed E-state index contributed by atoms with van der Waals surface area (Å²) in [6.07, 6.45) is 0. The molecule has 82 valence electrons. The van der Waals surface area contributed by atoms with E-state index in [1.54, 1.807) is 6.92 Å². The van der Waals surface area contributed by atoms with Crippen LogP contribution in [0.4, 0.5) is 0 Å². The molecule has 5 nitrogen and oxygen atoms in total. The maximum absolute atomic E-state index is 11.2. The highest BCUT2D eigenvalue weighted by Crippen LogP contribution is 2.19. The van der Waals surface area contributed by atoms with E-state index in [2.05, 4.69) is 9.47 Å². The van der Waals surface area contributed by atoms with Crippen LogP contribution in [0.2, 0.25) is 0 Å². The Hall–Kier alpha value is -1.10. The molecule has 0 aromatic rings. The highest BCUT2D eigenvalue weighted by Gasteiger charge is 2.42. The van der Waals surface area contributed by atoms with Crippen molar-refractivity contribution in [1.82, 2.24) is 0 Å². The van der Waals surface area contributed by atoms with Crippen LogP contribution in [-0.4, -0.2) is 36.4 Å². The van der Waals surface area contributed by atoms with E-state index in [4.69, 9.17) is 0 Å². The molecule has 0 rings (SSSR count). The van der Waals surface area contributed by atoms with Gasteiger partial charge in [-0.05, 0) is 20.8 Å². The van der Waals surface area contributed by atoms with Gasteiger partial charge in [-0.15, -0.1) is 0 Å². The van der Waals surface area contributed by atoms with Crippen LogP contribution in [-0.2, 0) is 19.1 Å². The topological polar surface area (TPSA) is 72.8 Å². The van der Waals surface area contributed by atoms with Crippen molar-refractivity contribution in [3.05, 3.63) is 0 Å². The van der Waals surface area contributed by atoms with Gasteiger partial charge in [0.15, 0.2) is 5.60 Å². The maximum atomic E-state index is 11.2. The molecular weight excluding hydrogens is 188 g/mol. The molecule has 5 heteroatoms. The van der Waals surface area contributed by atoms with Gasteiger partial charge < -0.3 is 14.6 Å². The van der Waals surface area contributed by atoms with Crippen molar-refractivity contribution in [2.45, 2.75) is 26.4 Å². The summed E-state index contributed by atoms with van der Waals surface area (Å²) in [7, 11) is 1.15. The number of rotatable bonds is 4. The third-order valence-electron chi connectivity index (χ3n) is 2.08. The van der Waals surface area contributed by atoms with Crippen LogP contribution in [0.1, 0.15) is 20.8 Å². The Bertz CT molecular complexity index is 221. The summed E-state index contributed by atoms with van der Waals surface area (Å²) >= 11 is 0. The van der Waals surface area contributed by atoms with E-state index in [0.29, 0.717) is 0 Å². The van der Waals surface area contributed by atoms with E-state index in [9.17, 15) is 14.7 Å². The van der Waals surface area contributed by atoms with Gasteiger partial charge in [0.2, 0.25) is 0 Å². The fraction of sp³-hybridized carbons (Fsp3) is 0.778. The normalized spacial score (nSPS) is 16.6. The standard InChI is InChI=1S/C9H16O5/c1-5-14-7(10)6(2)9(3,12)8(11)13-4/h6,12H,5H2,1-4H3/t6-,9-/m0/s1. The van der Waals surface area contributed by atoms with Crippen LogP contribution in [0.5, 0.6) is 0 Å². The molecule has 14 heavy (non-hydrogen) atoms. The van der Waals surface area contributed by atoms with Gasteiger partial charge in [-0.2, -0.15) is 0 Å². The summed E-state index contributed by atoms with van der Waals surface area (Å²) in [4.78, 5) is 22.3. The Morgan fingerprint density at radius 1 is 1.50 bits per heavy atom. The fourth-order valence-corrected chi connectivity index (χ4v) is 0.880. The van der Waals surface area contributed by atoms with Crippen molar-refractivity contribution in [1.29, 1.82) is 0 Å². The van der Waals surface area contributed by atoms with Gasteiger partial charge in [-0.25, -0.2) is 4.79 Å². The van der Waals surface area contributed by atoms with Crippen LogP contribution in [0.3, 0.4) is 0 Å². The van der Waals surface area contributed by atoms with E-state index in [1.807, 2.05) is 0 Å². The third kappa shape index (κ3) is 2.70. The molecule has 0 aromatic heterocycles. The number of methoxy groups -OCH3 is 1. The summed E-state index contributed by atoms with van der Waals surface area (Å²) in [5.41, 5.74) is -1.85. The van der Waals surface area contributed by atoms with Crippen LogP contribution >= 0.6 is 0 Å². The van der Waals surface area contributed by atoms with Crippen molar-refractivity contribution >= 4 is 11.9 Å². The quantitative estimate of drug-likeness (QED) is 0.658. The highest BCUT2D eigenvalue weighted by molar-refractivity contribution is 5.86. The lowest BCUT2D eigenvalue weighted by Gasteiger charge is -2.25. The molecular formula is C9H16O5. The van der Waals surface area contributed by atoms with Gasteiger partial charge in [-0.1, -0.05) is 0 Å². The van der Waals surface area contributed by atoms with Crippen molar-refractivity contribution in [2.24, 2.45) is 5.92 Å². The number of ether oxygens (including phenoxy) is 2. The molecule has 0 saturated heterocycles. The lowest BCUT2D eigenvalue weighted by Crippen LogP contribution is -2.46. The van der Waals surface area contributed by atoms with Crippen LogP contribution < -0.4 is 0 Å². The van der Waals surface area contributed by atoms with Crippen LogP contribution in [0, 0.1) is 5.92 Å². The molecule has 0 unspecified atom stereocenters. The minimum Gasteiger partial charge on any atom is -0.467 e. The molecule has 0 radical (unpaired) electrons. The van der Waals surface area contributed by atoms with E-state index in [-0.39, 0.29) is 6.61 Å². The largest absolute Gasteiger partial charge is 0.467 e. The molecule has 0 fully saturated rings. The lowest BCUT2D eigenvalue weighted by molar-refractivity contribution is -0.175. The molecule has 0 heterocycles. The predicted molar refractivity (Wildman–Crippen MR) is 48.4 cm³/mol. The van der Waals surface area contributed by atoms with Gasteiger partial charge in [0, 0.05) is 0 Å². The second-order valence-electron chi connectivity index (χ2n) is 3.11. The van der Waals surface area contributed by atoms with Crippen LogP contribution in [0.25, 0.3) is 0 Å². The lowest BCUT2D eigenvalue weighted by atomic mass is 9.91. The van der Waals surface area contributed by atoms with Crippen LogP contribution in [0.15, 0.2) is 0 Å². The SMILES string of the molecule is CCOC(=O)[C@H](C)[C@](C)(O)C(=O)OC. The second kappa shape index (κ2) is 4.95. The van der Waals surface area contributed by atoms with Gasteiger partial charge in [0.25, 0.3) is 0 Å². The summed E-state index contributed by atoms with van der Waals surface area (Å²) in [5, 5.41) is 9.67. The molecule has 0 amide bonds. The predicted octanol–water partition coefficient (Wildman–Crippen LogP) is 0.110. The molecule has 0 aliphatic heterocycles.